The third-order valence-corrected chi connectivity index (χ3v) is 6.89. The molecule has 0 N–H and O–H groups in total. The van der Waals surface area contributed by atoms with Gasteiger partial charge in [-0.1, -0.05) is 53.7 Å². The van der Waals surface area contributed by atoms with Gasteiger partial charge in [-0.05, 0) is 84.4 Å². The largest absolute Gasteiger partial charge is 0.425 e. The van der Waals surface area contributed by atoms with Crippen molar-refractivity contribution < 1.29 is 9.53 Å². The van der Waals surface area contributed by atoms with E-state index in [-0.39, 0.29) is 22.7 Å². The average Bonchev–Trinajstić information content (AvgIpc) is 2.92. The summed E-state index contributed by atoms with van der Waals surface area (Å²) < 4.78 is 5.98. The Morgan fingerprint density at radius 2 is 1.21 bits per heavy atom. The van der Waals surface area contributed by atoms with Crippen molar-refractivity contribution in [2.45, 2.75) is 92.9 Å². The second-order valence-corrected chi connectivity index (χ2v) is 10.8. The Morgan fingerprint density at radius 1 is 0.724 bits per heavy atom. The summed E-state index contributed by atoms with van der Waals surface area (Å²) in [5, 5.41) is 0. The molecule has 2 heteroatoms. The summed E-state index contributed by atoms with van der Waals surface area (Å²) in [6.07, 6.45) is 0. The number of benzene rings is 2. The van der Waals surface area contributed by atoms with E-state index >= 15 is 0 Å². The number of hydrogen-bond donors (Lipinski definition) is 0. The molecule has 1 atom stereocenters. The number of rotatable bonds is 1. The first kappa shape index (κ1) is 21.6. The maximum absolute atomic E-state index is 13.3. The predicted molar refractivity (Wildman–Crippen MR) is 121 cm³/mol. The van der Waals surface area contributed by atoms with Crippen LogP contribution in [0.2, 0.25) is 0 Å². The molecule has 2 nitrogen and oxygen atoms in total. The molecule has 0 radical (unpaired) electrons. The van der Waals surface area contributed by atoms with E-state index in [0.29, 0.717) is 0 Å². The Morgan fingerprint density at radius 3 is 1.66 bits per heavy atom. The van der Waals surface area contributed by atoms with Gasteiger partial charge in [-0.15, -0.1) is 0 Å². The van der Waals surface area contributed by atoms with Crippen LogP contribution in [0, 0.1) is 34.6 Å². The molecule has 0 amide bonds. The minimum atomic E-state index is -0.355. The fraction of sp³-hybridized carbons (Fsp3) is 0.519. The first-order valence-corrected chi connectivity index (χ1v) is 10.6. The van der Waals surface area contributed by atoms with Crippen molar-refractivity contribution in [2.75, 3.05) is 0 Å². The second-order valence-electron chi connectivity index (χ2n) is 10.8. The van der Waals surface area contributed by atoms with E-state index in [0.717, 1.165) is 22.4 Å². The lowest BCUT2D eigenvalue weighted by molar-refractivity contribution is -0.133. The molecule has 0 fully saturated rings. The molecular weight excluding hydrogens is 356 g/mol. The van der Waals surface area contributed by atoms with Gasteiger partial charge in [0.1, 0.15) is 11.7 Å². The zero-order valence-electron chi connectivity index (χ0n) is 20.0. The molecule has 29 heavy (non-hydrogen) atoms. The highest BCUT2D eigenvalue weighted by Gasteiger charge is 2.41. The predicted octanol–water partition coefficient (Wildman–Crippen LogP) is 6.87. The standard InChI is InChI=1S/C27H36O2/c1-14-15(2)17(4)22(18(5)16(14)3)23-20-12-19(26(6,7)8)13-21(27(9,10)11)24(20)29-25(23)28/h12-13,23H,1-11H3. The van der Waals surface area contributed by atoms with Gasteiger partial charge in [0.2, 0.25) is 0 Å². The van der Waals surface area contributed by atoms with Gasteiger partial charge in [-0.2, -0.15) is 0 Å². The Balaban J connectivity index is 2.39. The number of carbonyl (C=O) groups excluding carboxylic acids is 1. The van der Waals surface area contributed by atoms with Gasteiger partial charge in [0.15, 0.2) is 0 Å². The summed E-state index contributed by atoms with van der Waals surface area (Å²) in [6.45, 7) is 24.0. The zero-order valence-corrected chi connectivity index (χ0v) is 20.0. The van der Waals surface area contributed by atoms with Gasteiger partial charge in [0.25, 0.3) is 0 Å². The molecule has 2 aromatic rings. The van der Waals surface area contributed by atoms with Crippen LogP contribution < -0.4 is 4.74 Å². The van der Waals surface area contributed by atoms with E-state index in [1.54, 1.807) is 0 Å². The number of hydrogen-bond acceptors (Lipinski definition) is 2. The van der Waals surface area contributed by atoms with E-state index in [2.05, 4.69) is 88.3 Å². The van der Waals surface area contributed by atoms with Crippen LogP contribution in [0.25, 0.3) is 0 Å². The van der Waals surface area contributed by atoms with Crippen LogP contribution in [-0.4, -0.2) is 5.97 Å². The van der Waals surface area contributed by atoms with Crippen molar-refractivity contribution >= 4 is 5.97 Å². The number of esters is 1. The molecule has 1 aliphatic heterocycles. The highest BCUT2D eigenvalue weighted by Crippen LogP contribution is 2.49. The molecule has 0 aromatic heterocycles. The average molecular weight is 393 g/mol. The molecule has 1 heterocycles. The molecular formula is C27H36O2. The Hall–Kier alpha value is -2.09. The van der Waals surface area contributed by atoms with Gasteiger partial charge in [-0.3, -0.25) is 4.79 Å². The van der Waals surface area contributed by atoms with Crippen LogP contribution >= 0.6 is 0 Å². The van der Waals surface area contributed by atoms with Crippen LogP contribution in [0.15, 0.2) is 12.1 Å². The first-order valence-electron chi connectivity index (χ1n) is 10.6. The summed E-state index contributed by atoms with van der Waals surface area (Å²) in [5.74, 6) is 0.270. The molecule has 0 saturated heterocycles. The van der Waals surface area contributed by atoms with E-state index in [1.165, 1.54) is 33.4 Å². The molecule has 0 bridgehead atoms. The van der Waals surface area contributed by atoms with Crippen LogP contribution in [0.3, 0.4) is 0 Å². The van der Waals surface area contributed by atoms with Crippen LogP contribution in [0.4, 0.5) is 0 Å². The summed E-state index contributed by atoms with van der Waals surface area (Å²) >= 11 is 0. The quantitative estimate of drug-likeness (QED) is 0.391. The summed E-state index contributed by atoms with van der Waals surface area (Å²) in [4.78, 5) is 13.3. The van der Waals surface area contributed by atoms with Crippen molar-refractivity contribution in [1.82, 2.24) is 0 Å². The minimum Gasteiger partial charge on any atom is -0.425 e. The lowest BCUT2D eigenvalue weighted by Gasteiger charge is -2.27. The normalized spacial score (nSPS) is 16.8. The van der Waals surface area contributed by atoms with Crippen LogP contribution in [-0.2, 0) is 15.6 Å². The zero-order chi connectivity index (χ0) is 22.0. The highest BCUT2D eigenvalue weighted by atomic mass is 16.5. The second kappa shape index (κ2) is 6.72. The Bertz CT molecular complexity index is 982. The van der Waals surface area contributed by atoms with Crippen LogP contribution in [0.1, 0.15) is 97.5 Å². The van der Waals surface area contributed by atoms with Crippen molar-refractivity contribution in [2.24, 2.45) is 0 Å². The van der Waals surface area contributed by atoms with E-state index in [9.17, 15) is 4.79 Å². The summed E-state index contributed by atoms with van der Waals surface area (Å²) in [7, 11) is 0. The number of carbonyl (C=O) groups is 1. The van der Waals surface area contributed by atoms with E-state index < -0.39 is 0 Å². The minimum absolute atomic E-state index is 0.00554. The van der Waals surface area contributed by atoms with Crippen molar-refractivity contribution in [3.63, 3.8) is 0 Å². The molecule has 1 unspecified atom stereocenters. The van der Waals surface area contributed by atoms with E-state index in [4.69, 9.17) is 4.74 Å². The third-order valence-electron chi connectivity index (χ3n) is 6.89. The van der Waals surface area contributed by atoms with Crippen LogP contribution in [0.5, 0.6) is 5.75 Å². The third kappa shape index (κ3) is 3.41. The van der Waals surface area contributed by atoms with Gasteiger partial charge in [0, 0.05) is 11.1 Å². The molecule has 2 aromatic carbocycles. The first-order chi connectivity index (χ1) is 13.2. The monoisotopic (exact) mass is 392 g/mol. The fourth-order valence-electron chi connectivity index (χ4n) is 4.49. The molecule has 0 saturated carbocycles. The fourth-order valence-corrected chi connectivity index (χ4v) is 4.49. The number of ether oxygens (including phenoxy) is 1. The maximum Gasteiger partial charge on any atom is 0.323 e. The lowest BCUT2D eigenvalue weighted by atomic mass is 9.75. The molecule has 156 valence electrons. The lowest BCUT2D eigenvalue weighted by Crippen LogP contribution is -2.18. The summed E-state index contributed by atoms with van der Waals surface area (Å²) in [6, 6.07) is 4.45. The van der Waals surface area contributed by atoms with Gasteiger partial charge >= 0.3 is 5.97 Å². The highest BCUT2D eigenvalue weighted by molar-refractivity contribution is 5.91. The Kier molecular flexibility index (Phi) is 5.01. The molecule has 3 rings (SSSR count). The van der Waals surface area contributed by atoms with Gasteiger partial charge < -0.3 is 4.74 Å². The Labute approximate surface area is 176 Å². The van der Waals surface area contributed by atoms with Crippen molar-refractivity contribution in [3.8, 4) is 5.75 Å². The molecule has 0 spiro atoms. The smallest absolute Gasteiger partial charge is 0.323 e. The van der Waals surface area contributed by atoms with Gasteiger partial charge in [-0.25, -0.2) is 0 Å². The van der Waals surface area contributed by atoms with Crippen molar-refractivity contribution in [1.29, 1.82) is 0 Å². The van der Waals surface area contributed by atoms with Crippen molar-refractivity contribution in [3.05, 3.63) is 62.2 Å². The SMILES string of the molecule is Cc1c(C)c(C)c(C2C(=O)Oc3c2cc(C(C)(C)C)cc3C(C)(C)C)c(C)c1C. The van der Waals surface area contributed by atoms with E-state index in [1.807, 2.05) is 0 Å². The topological polar surface area (TPSA) is 26.3 Å². The maximum atomic E-state index is 13.3. The summed E-state index contributed by atoms with van der Waals surface area (Å²) in [5.41, 5.74) is 10.7. The molecule has 0 aliphatic carbocycles. The molecule has 1 aliphatic rings. The van der Waals surface area contributed by atoms with Gasteiger partial charge in [0.05, 0.1) is 0 Å². The number of fused-ring (bicyclic) bond motifs is 1.